The Balaban J connectivity index is 3.25. The van der Waals surface area contributed by atoms with Crippen LogP contribution < -0.4 is 0 Å². The summed E-state index contributed by atoms with van der Waals surface area (Å²) in [6.45, 7) is 6.71. The van der Waals surface area contributed by atoms with E-state index in [4.69, 9.17) is 9.47 Å². The third-order valence-electron chi connectivity index (χ3n) is 0.886. The highest BCUT2D eigenvalue weighted by atomic mass is 127. The summed E-state index contributed by atoms with van der Waals surface area (Å²) in [4.78, 5) is 10.7. The van der Waals surface area contributed by atoms with E-state index >= 15 is 0 Å². The number of ether oxygens (including phenoxy) is 2. The first kappa shape index (κ1) is 10.9. The molecule has 0 N–H and O–H groups in total. The molecule has 0 aromatic rings. The third kappa shape index (κ3) is 6.30. The molecule has 0 saturated heterocycles. The standard InChI is InChI=1S/C7H11IO3/c1-3-10-4-5-11-7(9)6(2)8/h2-5H2,1H3. The number of carbonyl (C=O) groups is 1. The maximum Gasteiger partial charge on any atom is 0.343 e. The van der Waals surface area contributed by atoms with Crippen LogP contribution in [0.4, 0.5) is 0 Å². The second kappa shape index (κ2) is 6.60. The molecule has 0 bridgehead atoms. The van der Waals surface area contributed by atoms with Crippen molar-refractivity contribution in [1.29, 1.82) is 0 Å². The minimum Gasteiger partial charge on any atom is -0.459 e. The largest absolute Gasteiger partial charge is 0.459 e. The van der Waals surface area contributed by atoms with E-state index in [-0.39, 0.29) is 5.97 Å². The van der Waals surface area contributed by atoms with Crippen molar-refractivity contribution in [2.75, 3.05) is 19.8 Å². The SMILES string of the molecule is C=C(I)C(=O)OCCOCC. The molecular formula is C7H11IO3. The van der Waals surface area contributed by atoms with Crippen molar-refractivity contribution in [2.24, 2.45) is 0 Å². The van der Waals surface area contributed by atoms with Gasteiger partial charge in [0.25, 0.3) is 0 Å². The number of halogens is 1. The van der Waals surface area contributed by atoms with Gasteiger partial charge in [-0.1, -0.05) is 6.58 Å². The van der Waals surface area contributed by atoms with Gasteiger partial charge in [0.2, 0.25) is 0 Å². The van der Waals surface area contributed by atoms with E-state index in [9.17, 15) is 4.79 Å². The van der Waals surface area contributed by atoms with Crippen LogP contribution in [0.1, 0.15) is 6.92 Å². The van der Waals surface area contributed by atoms with Crippen molar-refractivity contribution in [2.45, 2.75) is 6.92 Å². The van der Waals surface area contributed by atoms with Crippen molar-refractivity contribution < 1.29 is 14.3 Å². The van der Waals surface area contributed by atoms with E-state index in [1.165, 1.54) is 0 Å². The van der Waals surface area contributed by atoms with Gasteiger partial charge in [0.1, 0.15) is 6.61 Å². The number of rotatable bonds is 5. The van der Waals surface area contributed by atoms with E-state index in [0.717, 1.165) is 0 Å². The molecule has 0 heterocycles. The summed E-state index contributed by atoms with van der Waals surface area (Å²) in [6.07, 6.45) is 0. The second-order valence-corrected chi connectivity index (χ2v) is 3.04. The van der Waals surface area contributed by atoms with Crippen molar-refractivity contribution in [1.82, 2.24) is 0 Å². The smallest absolute Gasteiger partial charge is 0.343 e. The lowest BCUT2D eigenvalue weighted by atomic mass is 10.6. The van der Waals surface area contributed by atoms with Gasteiger partial charge in [-0.25, -0.2) is 4.79 Å². The van der Waals surface area contributed by atoms with Gasteiger partial charge in [0.15, 0.2) is 0 Å². The Morgan fingerprint density at radius 1 is 1.55 bits per heavy atom. The maximum atomic E-state index is 10.7. The number of hydrogen-bond donors (Lipinski definition) is 0. The molecule has 0 aliphatic heterocycles. The molecule has 4 heteroatoms. The lowest BCUT2D eigenvalue weighted by molar-refractivity contribution is -0.139. The van der Waals surface area contributed by atoms with Gasteiger partial charge < -0.3 is 9.47 Å². The molecule has 64 valence electrons. The Morgan fingerprint density at radius 2 is 2.18 bits per heavy atom. The molecule has 0 saturated carbocycles. The Kier molecular flexibility index (Phi) is 6.54. The molecule has 0 aromatic carbocycles. The highest BCUT2D eigenvalue weighted by Gasteiger charge is 2.02. The fraction of sp³-hybridized carbons (Fsp3) is 0.571. The Bertz CT molecular complexity index is 145. The summed E-state index contributed by atoms with van der Waals surface area (Å²) in [5.41, 5.74) is 0. The van der Waals surface area contributed by atoms with Gasteiger partial charge in [-0.3, -0.25) is 0 Å². The van der Waals surface area contributed by atoms with E-state index in [1.807, 2.05) is 29.5 Å². The van der Waals surface area contributed by atoms with Crippen LogP contribution in [0.3, 0.4) is 0 Å². The molecule has 11 heavy (non-hydrogen) atoms. The molecule has 0 spiro atoms. The summed E-state index contributed by atoms with van der Waals surface area (Å²) < 4.78 is 10.1. The normalized spacial score (nSPS) is 9.27. The molecule has 0 aliphatic carbocycles. The van der Waals surface area contributed by atoms with Gasteiger partial charge in [-0.05, 0) is 29.5 Å². The average Bonchev–Trinajstić information content (AvgIpc) is 1.97. The topological polar surface area (TPSA) is 35.5 Å². The molecule has 0 unspecified atom stereocenters. The Hall–Kier alpha value is -0.100. The van der Waals surface area contributed by atoms with Gasteiger partial charge >= 0.3 is 5.97 Å². The Labute approximate surface area is 79.9 Å². The number of carbonyl (C=O) groups excluding carboxylic acids is 1. The first-order chi connectivity index (χ1) is 5.18. The lowest BCUT2D eigenvalue weighted by Gasteiger charge is -2.02. The second-order valence-electron chi connectivity index (χ2n) is 1.74. The average molecular weight is 270 g/mol. The van der Waals surface area contributed by atoms with Crippen molar-refractivity contribution in [3.63, 3.8) is 0 Å². The van der Waals surface area contributed by atoms with Crippen LogP contribution in [0.2, 0.25) is 0 Å². The highest BCUT2D eigenvalue weighted by molar-refractivity contribution is 14.1. The highest BCUT2D eigenvalue weighted by Crippen LogP contribution is 2.03. The van der Waals surface area contributed by atoms with Crippen LogP contribution in [-0.4, -0.2) is 25.8 Å². The van der Waals surface area contributed by atoms with Gasteiger partial charge in [0.05, 0.1) is 10.2 Å². The fourth-order valence-electron chi connectivity index (χ4n) is 0.416. The first-order valence-electron chi connectivity index (χ1n) is 3.27. The van der Waals surface area contributed by atoms with Crippen LogP contribution >= 0.6 is 22.6 Å². The number of esters is 1. The molecule has 0 atom stereocenters. The van der Waals surface area contributed by atoms with Gasteiger partial charge in [-0.2, -0.15) is 0 Å². The fourth-order valence-corrected chi connectivity index (χ4v) is 0.572. The maximum absolute atomic E-state index is 10.7. The summed E-state index contributed by atoms with van der Waals surface area (Å²) in [5.74, 6) is -0.370. The summed E-state index contributed by atoms with van der Waals surface area (Å²) >= 11 is 1.82. The van der Waals surface area contributed by atoms with E-state index in [0.29, 0.717) is 23.4 Å². The van der Waals surface area contributed by atoms with Crippen LogP contribution in [0.5, 0.6) is 0 Å². The molecule has 0 aliphatic rings. The molecule has 3 nitrogen and oxygen atoms in total. The minimum absolute atomic E-state index is 0.300. The minimum atomic E-state index is -0.370. The molecule has 0 fully saturated rings. The molecular weight excluding hydrogens is 259 g/mol. The van der Waals surface area contributed by atoms with E-state index in [2.05, 4.69) is 6.58 Å². The molecule has 0 amide bonds. The summed E-state index contributed by atoms with van der Waals surface area (Å²) in [6, 6.07) is 0. The summed E-state index contributed by atoms with van der Waals surface area (Å²) in [7, 11) is 0. The zero-order chi connectivity index (χ0) is 8.69. The van der Waals surface area contributed by atoms with Crippen molar-refractivity contribution in [3.05, 3.63) is 10.2 Å². The van der Waals surface area contributed by atoms with Crippen LogP contribution in [0, 0.1) is 0 Å². The van der Waals surface area contributed by atoms with E-state index in [1.54, 1.807) is 0 Å². The zero-order valence-electron chi connectivity index (χ0n) is 6.43. The molecule has 0 radical (unpaired) electrons. The zero-order valence-corrected chi connectivity index (χ0v) is 8.59. The third-order valence-corrected chi connectivity index (χ3v) is 1.33. The molecule has 0 rings (SSSR count). The van der Waals surface area contributed by atoms with Crippen molar-refractivity contribution >= 4 is 28.6 Å². The van der Waals surface area contributed by atoms with Crippen LogP contribution in [0.25, 0.3) is 0 Å². The van der Waals surface area contributed by atoms with E-state index < -0.39 is 0 Å². The lowest BCUT2D eigenvalue weighted by Crippen LogP contribution is -2.09. The first-order valence-corrected chi connectivity index (χ1v) is 4.35. The molecule has 0 aromatic heterocycles. The summed E-state index contributed by atoms with van der Waals surface area (Å²) in [5, 5.41) is 0. The predicted molar refractivity (Wildman–Crippen MR) is 50.6 cm³/mol. The number of hydrogen-bond acceptors (Lipinski definition) is 3. The monoisotopic (exact) mass is 270 g/mol. The quantitative estimate of drug-likeness (QED) is 0.329. The Morgan fingerprint density at radius 3 is 2.64 bits per heavy atom. The van der Waals surface area contributed by atoms with Crippen LogP contribution in [-0.2, 0) is 14.3 Å². The predicted octanol–water partition coefficient (Wildman–Crippen LogP) is 1.51. The van der Waals surface area contributed by atoms with Gasteiger partial charge in [0, 0.05) is 6.61 Å². The van der Waals surface area contributed by atoms with Crippen molar-refractivity contribution in [3.8, 4) is 0 Å². The van der Waals surface area contributed by atoms with Crippen LogP contribution in [0.15, 0.2) is 10.2 Å². The van der Waals surface area contributed by atoms with Gasteiger partial charge in [-0.15, -0.1) is 0 Å².